The normalized spacial score (nSPS) is 16.1. The van der Waals surface area contributed by atoms with Gasteiger partial charge in [-0.15, -0.1) is 0 Å². The topological polar surface area (TPSA) is 43.4 Å². The minimum atomic E-state index is -4.74. The van der Waals surface area contributed by atoms with Crippen molar-refractivity contribution in [3.8, 4) is 0 Å². The Morgan fingerprint density at radius 1 is 1.16 bits per heavy atom. The van der Waals surface area contributed by atoms with Crippen molar-refractivity contribution in [3.05, 3.63) is 34.9 Å². The summed E-state index contributed by atoms with van der Waals surface area (Å²) in [4.78, 5) is 23.8. The Kier molecular flexibility index (Phi) is 5.87. The van der Waals surface area contributed by atoms with E-state index in [0.717, 1.165) is 6.07 Å². The molecule has 0 amide bonds. The number of carbonyl (C=O) groups excluding carboxylic acids is 2. The summed E-state index contributed by atoms with van der Waals surface area (Å²) < 4.78 is 79.7. The van der Waals surface area contributed by atoms with E-state index in [2.05, 4.69) is 4.74 Å². The van der Waals surface area contributed by atoms with Gasteiger partial charge in [0.2, 0.25) is 0 Å². The number of hydrogen-bond donors (Lipinski definition) is 0. The van der Waals surface area contributed by atoms with Gasteiger partial charge in [-0.1, -0.05) is 6.07 Å². The predicted molar refractivity (Wildman–Crippen MR) is 73.8 cm³/mol. The molecule has 0 N–H and O–H groups in total. The minimum Gasteiger partial charge on any atom is -0.339 e. The summed E-state index contributed by atoms with van der Waals surface area (Å²) in [5, 5.41) is 0. The van der Waals surface area contributed by atoms with E-state index in [9.17, 15) is 35.9 Å². The molecular weight excluding hydrogens is 354 g/mol. The van der Waals surface area contributed by atoms with Gasteiger partial charge in [0, 0.05) is 11.5 Å². The van der Waals surface area contributed by atoms with Gasteiger partial charge >= 0.3 is 6.18 Å². The first-order valence-corrected chi connectivity index (χ1v) is 7.39. The van der Waals surface area contributed by atoms with Crippen LogP contribution in [0.4, 0.5) is 26.3 Å². The molecule has 2 rings (SSSR count). The van der Waals surface area contributed by atoms with Crippen molar-refractivity contribution in [2.75, 3.05) is 0 Å². The van der Waals surface area contributed by atoms with E-state index in [1.165, 1.54) is 0 Å². The van der Waals surface area contributed by atoms with Crippen molar-refractivity contribution in [2.24, 2.45) is 5.92 Å². The second-order valence-electron chi connectivity index (χ2n) is 5.71. The molecule has 0 spiro atoms. The quantitative estimate of drug-likeness (QED) is 0.390. The molecule has 1 atom stereocenters. The van der Waals surface area contributed by atoms with E-state index in [1.807, 2.05) is 0 Å². The molecule has 0 radical (unpaired) electrons. The van der Waals surface area contributed by atoms with Gasteiger partial charge in [-0.05, 0) is 30.5 Å². The van der Waals surface area contributed by atoms with Gasteiger partial charge in [0.1, 0.15) is 5.78 Å². The van der Waals surface area contributed by atoms with Crippen molar-refractivity contribution in [2.45, 2.75) is 44.8 Å². The Morgan fingerprint density at radius 2 is 1.80 bits per heavy atom. The SMILES string of the molecule is O=C(CC(=O)C1CC1)c1ccc(C(F)(F)F)cc1COC(F)C(F)F. The summed E-state index contributed by atoms with van der Waals surface area (Å²) in [7, 11) is 0. The second-order valence-corrected chi connectivity index (χ2v) is 5.71. The predicted octanol–water partition coefficient (Wildman–Crippen LogP) is 4.33. The van der Waals surface area contributed by atoms with E-state index < -0.39 is 48.9 Å². The van der Waals surface area contributed by atoms with Gasteiger partial charge in [-0.25, -0.2) is 13.2 Å². The first kappa shape index (κ1) is 19.4. The summed E-state index contributed by atoms with van der Waals surface area (Å²) >= 11 is 0. The molecule has 1 aliphatic carbocycles. The molecule has 1 unspecified atom stereocenters. The summed E-state index contributed by atoms with van der Waals surface area (Å²) in [5.41, 5.74) is -1.81. The van der Waals surface area contributed by atoms with Crippen LogP contribution in [0.3, 0.4) is 0 Å². The first-order valence-electron chi connectivity index (χ1n) is 7.39. The fourth-order valence-corrected chi connectivity index (χ4v) is 2.21. The number of hydrogen-bond acceptors (Lipinski definition) is 3. The van der Waals surface area contributed by atoms with Crippen LogP contribution < -0.4 is 0 Å². The zero-order valence-electron chi connectivity index (χ0n) is 12.8. The van der Waals surface area contributed by atoms with E-state index in [4.69, 9.17) is 0 Å². The smallest absolute Gasteiger partial charge is 0.339 e. The molecule has 1 saturated carbocycles. The van der Waals surface area contributed by atoms with Gasteiger partial charge in [0.05, 0.1) is 18.6 Å². The van der Waals surface area contributed by atoms with Crippen LogP contribution in [0.2, 0.25) is 0 Å². The molecule has 138 valence electrons. The minimum absolute atomic E-state index is 0.216. The number of ether oxygens (including phenoxy) is 1. The lowest BCUT2D eigenvalue weighted by molar-refractivity contribution is -0.139. The van der Waals surface area contributed by atoms with Crippen LogP contribution in [-0.4, -0.2) is 24.3 Å². The van der Waals surface area contributed by atoms with Crippen molar-refractivity contribution in [1.82, 2.24) is 0 Å². The Balaban J connectivity index is 2.23. The number of benzene rings is 1. The molecule has 25 heavy (non-hydrogen) atoms. The van der Waals surface area contributed by atoms with Gasteiger partial charge < -0.3 is 4.74 Å². The van der Waals surface area contributed by atoms with Crippen LogP contribution in [-0.2, 0) is 22.3 Å². The fourth-order valence-electron chi connectivity index (χ4n) is 2.21. The van der Waals surface area contributed by atoms with E-state index in [-0.39, 0.29) is 17.3 Å². The molecular formula is C16H14F6O3. The van der Waals surface area contributed by atoms with Gasteiger partial charge in [0.15, 0.2) is 5.78 Å². The molecule has 0 heterocycles. The lowest BCUT2D eigenvalue weighted by Crippen LogP contribution is -2.18. The third-order valence-corrected chi connectivity index (χ3v) is 3.70. The highest BCUT2D eigenvalue weighted by molar-refractivity contribution is 6.09. The first-order chi connectivity index (χ1) is 11.6. The van der Waals surface area contributed by atoms with E-state index >= 15 is 0 Å². The van der Waals surface area contributed by atoms with Crippen LogP contribution in [0.15, 0.2) is 18.2 Å². The highest BCUT2D eigenvalue weighted by atomic mass is 19.4. The second kappa shape index (κ2) is 7.55. The number of halogens is 6. The number of Topliss-reactive ketones (excluding diaryl/α,β-unsaturated/α-hetero) is 2. The molecule has 0 bridgehead atoms. The zero-order chi connectivity index (χ0) is 18.8. The summed E-state index contributed by atoms with van der Waals surface area (Å²) in [6.07, 6.45) is -10.4. The van der Waals surface area contributed by atoms with Crippen LogP contribution in [0.5, 0.6) is 0 Å². The lowest BCUT2D eigenvalue weighted by atomic mass is 9.97. The number of carbonyl (C=O) groups is 2. The Bertz CT molecular complexity index is 652. The van der Waals surface area contributed by atoms with Crippen molar-refractivity contribution < 1.29 is 40.7 Å². The molecule has 1 fully saturated rings. The molecule has 1 aromatic rings. The van der Waals surface area contributed by atoms with Crippen LogP contribution in [0, 0.1) is 5.92 Å². The average molecular weight is 368 g/mol. The number of alkyl halides is 6. The summed E-state index contributed by atoms with van der Waals surface area (Å²) in [5.74, 6) is -1.29. The van der Waals surface area contributed by atoms with Crippen LogP contribution >= 0.6 is 0 Å². The van der Waals surface area contributed by atoms with Crippen LogP contribution in [0.1, 0.15) is 40.7 Å². The third kappa shape index (κ3) is 5.29. The maximum absolute atomic E-state index is 12.9. The molecule has 0 saturated heterocycles. The largest absolute Gasteiger partial charge is 0.416 e. The van der Waals surface area contributed by atoms with Gasteiger partial charge in [0.25, 0.3) is 12.8 Å². The monoisotopic (exact) mass is 368 g/mol. The average Bonchev–Trinajstić information content (AvgIpc) is 3.35. The van der Waals surface area contributed by atoms with E-state index in [0.29, 0.717) is 25.0 Å². The maximum Gasteiger partial charge on any atom is 0.416 e. The maximum atomic E-state index is 12.9. The van der Waals surface area contributed by atoms with Crippen LogP contribution in [0.25, 0.3) is 0 Å². The fraction of sp³-hybridized carbons (Fsp3) is 0.500. The molecule has 9 heteroatoms. The molecule has 1 aliphatic rings. The van der Waals surface area contributed by atoms with E-state index in [1.54, 1.807) is 0 Å². The summed E-state index contributed by atoms with van der Waals surface area (Å²) in [6, 6.07) is 2.02. The zero-order valence-corrected chi connectivity index (χ0v) is 12.8. The molecule has 0 aliphatic heterocycles. The Hall–Kier alpha value is -1.90. The molecule has 3 nitrogen and oxygen atoms in total. The summed E-state index contributed by atoms with van der Waals surface area (Å²) in [6.45, 7) is -0.950. The third-order valence-electron chi connectivity index (χ3n) is 3.70. The van der Waals surface area contributed by atoms with Gasteiger partial charge in [-0.2, -0.15) is 13.2 Å². The highest BCUT2D eigenvalue weighted by Gasteiger charge is 2.34. The molecule has 0 aromatic heterocycles. The highest BCUT2D eigenvalue weighted by Crippen LogP contribution is 2.33. The number of ketones is 2. The Labute approximate surface area is 139 Å². The lowest BCUT2D eigenvalue weighted by Gasteiger charge is -2.14. The Morgan fingerprint density at radius 3 is 2.32 bits per heavy atom. The van der Waals surface area contributed by atoms with Crippen molar-refractivity contribution >= 4 is 11.6 Å². The van der Waals surface area contributed by atoms with Gasteiger partial charge in [-0.3, -0.25) is 9.59 Å². The standard InChI is InChI=1S/C16H14F6O3/c17-14(18)15(19)25-7-9-5-10(16(20,21)22)3-4-11(9)13(24)6-12(23)8-1-2-8/h3-5,8,14-15H,1-2,6-7H2. The van der Waals surface area contributed by atoms with Crippen molar-refractivity contribution in [3.63, 3.8) is 0 Å². The molecule has 1 aromatic carbocycles. The number of rotatable bonds is 8. The van der Waals surface area contributed by atoms with Crippen molar-refractivity contribution in [1.29, 1.82) is 0 Å².